The fraction of sp³-hybridized carbons (Fsp3) is 0.857. The number of rotatable bonds is 4. The second kappa shape index (κ2) is 5.55. The summed E-state index contributed by atoms with van der Waals surface area (Å²) in [6.07, 6.45) is 0. The van der Waals surface area contributed by atoms with Crippen LogP contribution in [0.5, 0.6) is 0 Å². The molecule has 4 heteroatoms. The van der Waals surface area contributed by atoms with Crippen LogP contribution in [-0.4, -0.2) is 29.8 Å². The first-order chi connectivity index (χ1) is 5.11. The van der Waals surface area contributed by atoms with Crippen LogP contribution in [-0.2, 0) is 4.79 Å². The Hall–Kier alpha value is -0.0900. The average Bonchev–Trinajstić information content (AvgIpc) is 1.98. The Morgan fingerprint density at radius 3 is 2.45 bits per heavy atom. The van der Waals surface area contributed by atoms with E-state index in [2.05, 4.69) is 35.2 Å². The number of hydrogen-bond donors (Lipinski definition) is 1. The molecule has 0 saturated heterocycles. The molecule has 0 aliphatic carbocycles. The van der Waals surface area contributed by atoms with Crippen LogP contribution >= 0.6 is 15.9 Å². The molecule has 0 saturated carbocycles. The molecule has 0 fully saturated rings. The van der Waals surface area contributed by atoms with Crippen LogP contribution in [0, 0.1) is 5.92 Å². The normalized spacial score (nSPS) is 10.3. The quantitative estimate of drug-likeness (QED) is 0.569. The van der Waals surface area contributed by atoms with E-state index in [-0.39, 0.29) is 5.91 Å². The van der Waals surface area contributed by atoms with Crippen molar-refractivity contribution in [3.8, 4) is 0 Å². The Kier molecular flexibility index (Phi) is 5.50. The molecule has 66 valence electrons. The molecule has 0 aromatic heterocycles. The van der Waals surface area contributed by atoms with Crippen molar-refractivity contribution in [2.75, 3.05) is 18.9 Å². The summed E-state index contributed by atoms with van der Waals surface area (Å²) in [7, 11) is 1.75. The van der Waals surface area contributed by atoms with Crippen molar-refractivity contribution in [2.24, 2.45) is 5.92 Å². The van der Waals surface area contributed by atoms with Crippen LogP contribution in [0.1, 0.15) is 13.8 Å². The zero-order valence-corrected chi connectivity index (χ0v) is 8.81. The predicted molar refractivity (Wildman–Crippen MR) is 49.4 cm³/mol. The second-order valence-electron chi connectivity index (χ2n) is 2.76. The molecule has 0 spiro atoms. The van der Waals surface area contributed by atoms with Gasteiger partial charge >= 0.3 is 0 Å². The summed E-state index contributed by atoms with van der Waals surface area (Å²) in [4.78, 5) is 11.1. The summed E-state index contributed by atoms with van der Waals surface area (Å²) in [5, 5.41) is 1.99. The van der Waals surface area contributed by atoms with E-state index in [0.717, 1.165) is 6.54 Å². The molecule has 1 amide bonds. The first-order valence-electron chi connectivity index (χ1n) is 3.65. The van der Waals surface area contributed by atoms with Crippen molar-refractivity contribution in [3.05, 3.63) is 0 Å². The van der Waals surface area contributed by atoms with Crippen LogP contribution in [0.3, 0.4) is 0 Å². The van der Waals surface area contributed by atoms with Crippen LogP contribution in [0.15, 0.2) is 0 Å². The van der Waals surface area contributed by atoms with Gasteiger partial charge in [0.1, 0.15) is 0 Å². The molecule has 0 atom stereocenters. The van der Waals surface area contributed by atoms with Crippen LogP contribution in [0.25, 0.3) is 0 Å². The van der Waals surface area contributed by atoms with E-state index in [4.69, 9.17) is 0 Å². The number of nitrogens with zero attached hydrogens (tertiary/aromatic N) is 1. The third kappa shape index (κ3) is 4.37. The lowest BCUT2D eigenvalue weighted by Crippen LogP contribution is -2.43. The third-order valence-corrected chi connectivity index (χ3v) is 1.71. The SMILES string of the molecule is CNN(CC(C)C)C(=O)CBr. The van der Waals surface area contributed by atoms with E-state index in [1.54, 1.807) is 12.1 Å². The Labute approximate surface area is 76.2 Å². The Morgan fingerprint density at radius 1 is 1.64 bits per heavy atom. The van der Waals surface area contributed by atoms with Gasteiger partial charge in [0, 0.05) is 13.6 Å². The molecule has 0 heterocycles. The highest BCUT2D eigenvalue weighted by Gasteiger charge is 2.10. The maximum Gasteiger partial charge on any atom is 0.247 e. The fourth-order valence-electron chi connectivity index (χ4n) is 0.755. The minimum Gasteiger partial charge on any atom is -0.277 e. The molecule has 3 nitrogen and oxygen atoms in total. The average molecular weight is 223 g/mol. The monoisotopic (exact) mass is 222 g/mol. The Morgan fingerprint density at radius 2 is 2.18 bits per heavy atom. The summed E-state index contributed by atoms with van der Waals surface area (Å²) < 4.78 is 0. The molecule has 0 aliphatic rings. The number of halogens is 1. The van der Waals surface area contributed by atoms with Crippen LogP contribution < -0.4 is 5.43 Å². The predicted octanol–water partition coefficient (Wildman–Crippen LogP) is 1.00. The molecule has 0 aromatic carbocycles. The molecular weight excluding hydrogens is 208 g/mol. The van der Waals surface area contributed by atoms with Gasteiger partial charge in [-0.1, -0.05) is 29.8 Å². The van der Waals surface area contributed by atoms with E-state index >= 15 is 0 Å². The van der Waals surface area contributed by atoms with Gasteiger partial charge in [-0.3, -0.25) is 9.80 Å². The largest absolute Gasteiger partial charge is 0.277 e. The molecule has 0 rings (SSSR count). The van der Waals surface area contributed by atoms with Gasteiger partial charge in [0.25, 0.3) is 0 Å². The Balaban J connectivity index is 3.84. The first kappa shape index (κ1) is 10.9. The topological polar surface area (TPSA) is 32.3 Å². The highest BCUT2D eigenvalue weighted by Crippen LogP contribution is 1.97. The number of alkyl halides is 1. The minimum absolute atomic E-state index is 0.0706. The number of hydrazine groups is 1. The molecule has 11 heavy (non-hydrogen) atoms. The lowest BCUT2D eigenvalue weighted by molar-refractivity contribution is -0.131. The van der Waals surface area contributed by atoms with Crippen molar-refractivity contribution in [2.45, 2.75) is 13.8 Å². The standard InChI is InChI=1S/C7H15BrN2O/c1-6(2)5-10(9-3)7(11)4-8/h6,9H,4-5H2,1-3H3. The van der Waals surface area contributed by atoms with E-state index < -0.39 is 0 Å². The summed E-state index contributed by atoms with van der Waals surface area (Å²) >= 11 is 3.11. The number of hydrogen-bond acceptors (Lipinski definition) is 2. The molecule has 0 aliphatic heterocycles. The minimum atomic E-state index is 0.0706. The van der Waals surface area contributed by atoms with Gasteiger partial charge in [-0.2, -0.15) is 0 Å². The lowest BCUT2D eigenvalue weighted by atomic mass is 10.2. The maximum absolute atomic E-state index is 11.1. The highest BCUT2D eigenvalue weighted by atomic mass is 79.9. The first-order valence-corrected chi connectivity index (χ1v) is 4.77. The van der Waals surface area contributed by atoms with Crippen molar-refractivity contribution in [3.63, 3.8) is 0 Å². The van der Waals surface area contributed by atoms with Gasteiger partial charge in [0.2, 0.25) is 5.91 Å². The van der Waals surface area contributed by atoms with Gasteiger partial charge in [0.15, 0.2) is 0 Å². The second-order valence-corrected chi connectivity index (χ2v) is 3.32. The summed E-state index contributed by atoms with van der Waals surface area (Å²) in [6, 6.07) is 0. The van der Waals surface area contributed by atoms with Gasteiger partial charge < -0.3 is 0 Å². The zero-order valence-electron chi connectivity index (χ0n) is 7.22. The van der Waals surface area contributed by atoms with E-state index in [0.29, 0.717) is 11.2 Å². The highest BCUT2D eigenvalue weighted by molar-refractivity contribution is 9.09. The van der Waals surface area contributed by atoms with Crippen molar-refractivity contribution >= 4 is 21.8 Å². The van der Waals surface area contributed by atoms with Gasteiger partial charge in [0.05, 0.1) is 5.33 Å². The molecule has 0 bridgehead atoms. The van der Waals surface area contributed by atoms with E-state index in [9.17, 15) is 4.79 Å². The van der Waals surface area contributed by atoms with Gasteiger partial charge in [-0.15, -0.1) is 0 Å². The third-order valence-electron chi connectivity index (χ3n) is 1.23. The Bertz CT molecular complexity index is 128. The lowest BCUT2D eigenvalue weighted by Gasteiger charge is -2.22. The van der Waals surface area contributed by atoms with Gasteiger partial charge in [-0.25, -0.2) is 5.43 Å². The molecular formula is C7H15BrN2O. The van der Waals surface area contributed by atoms with Crippen molar-refractivity contribution < 1.29 is 4.79 Å². The van der Waals surface area contributed by atoms with Crippen LogP contribution in [0.4, 0.5) is 0 Å². The number of carbonyl (C=O) groups excluding carboxylic acids is 1. The fourth-order valence-corrected chi connectivity index (χ4v) is 1.06. The molecule has 0 radical (unpaired) electrons. The maximum atomic E-state index is 11.1. The summed E-state index contributed by atoms with van der Waals surface area (Å²) in [5.41, 5.74) is 2.84. The van der Waals surface area contributed by atoms with Crippen LogP contribution in [0.2, 0.25) is 0 Å². The van der Waals surface area contributed by atoms with Crippen molar-refractivity contribution in [1.29, 1.82) is 0 Å². The molecule has 1 N–H and O–H groups in total. The smallest absolute Gasteiger partial charge is 0.247 e. The molecule has 0 unspecified atom stereocenters. The number of nitrogens with one attached hydrogen (secondary N) is 1. The zero-order chi connectivity index (χ0) is 8.85. The van der Waals surface area contributed by atoms with Gasteiger partial charge in [-0.05, 0) is 5.92 Å². The van der Waals surface area contributed by atoms with E-state index in [1.165, 1.54) is 0 Å². The number of carbonyl (C=O) groups is 1. The van der Waals surface area contributed by atoms with Crippen molar-refractivity contribution in [1.82, 2.24) is 10.4 Å². The van der Waals surface area contributed by atoms with E-state index in [1.807, 2.05) is 0 Å². The summed E-state index contributed by atoms with van der Waals surface area (Å²) in [6.45, 7) is 4.90. The summed E-state index contributed by atoms with van der Waals surface area (Å²) in [5.74, 6) is 0.562. The number of amides is 1. The molecule has 0 aromatic rings.